The quantitative estimate of drug-likeness (QED) is 0.375. The summed E-state index contributed by atoms with van der Waals surface area (Å²) in [6.07, 6.45) is 7.57. The van der Waals surface area contributed by atoms with E-state index in [0.717, 1.165) is 20.9 Å². The van der Waals surface area contributed by atoms with Crippen LogP contribution >= 0.6 is 44.1 Å². The lowest BCUT2D eigenvalue weighted by molar-refractivity contribution is -0.124. The summed E-state index contributed by atoms with van der Waals surface area (Å²) in [5, 5.41) is 2.66. The first-order valence-corrected chi connectivity index (χ1v) is 11.3. The monoisotopic (exact) mass is 533 g/mol. The molecule has 0 radical (unpaired) electrons. The van der Waals surface area contributed by atoms with Crippen molar-refractivity contribution in [2.45, 2.75) is 51.9 Å². The number of aryl methyl sites for hydroxylation is 1. The summed E-state index contributed by atoms with van der Waals surface area (Å²) in [4.78, 5) is 23.9. The Morgan fingerprint density at radius 3 is 2.54 bits per heavy atom. The first kappa shape index (κ1) is 23.1. The highest BCUT2D eigenvalue weighted by Gasteiger charge is 2.15. The number of benzene rings is 1. The van der Waals surface area contributed by atoms with Gasteiger partial charge in [0.05, 0.1) is 4.47 Å². The van der Waals surface area contributed by atoms with E-state index in [2.05, 4.69) is 48.0 Å². The molecule has 0 spiro atoms. The summed E-state index contributed by atoms with van der Waals surface area (Å²) in [5.74, 6) is 0.687. The number of halogens is 2. The predicted octanol–water partition coefficient (Wildman–Crippen LogP) is 4.28. The van der Waals surface area contributed by atoms with Gasteiger partial charge < -0.3 is 10.1 Å². The number of ether oxygens (including phenoxy) is 1. The van der Waals surface area contributed by atoms with Gasteiger partial charge in [0.2, 0.25) is 5.91 Å². The molecule has 0 saturated heterocycles. The van der Waals surface area contributed by atoms with Gasteiger partial charge in [-0.15, -0.1) is 0 Å². The van der Waals surface area contributed by atoms with Crippen LogP contribution in [0.4, 0.5) is 0 Å². The summed E-state index contributed by atoms with van der Waals surface area (Å²) in [6.45, 7) is 1.70. The molecule has 1 aliphatic rings. The predicted molar refractivity (Wildman–Crippen MR) is 120 cm³/mol. The molecule has 2 amide bonds. The second kappa shape index (κ2) is 11.7. The van der Waals surface area contributed by atoms with Crippen LogP contribution in [0.25, 0.3) is 0 Å². The van der Waals surface area contributed by atoms with Gasteiger partial charge in [-0.1, -0.05) is 48.0 Å². The van der Waals surface area contributed by atoms with Crippen LogP contribution in [0.2, 0.25) is 0 Å². The topological polar surface area (TPSA) is 79.5 Å². The Kier molecular flexibility index (Phi) is 9.67. The van der Waals surface area contributed by atoms with Crippen LogP contribution in [-0.4, -0.2) is 23.5 Å². The Hall–Kier alpha value is -1.19. The van der Waals surface area contributed by atoms with Gasteiger partial charge in [-0.2, -0.15) is 0 Å². The first-order valence-electron chi connectivity index (χ1n) is 9.32. The minimum atomic E-state index is -0.409. The largest absolute Gasteiger partial charge is 0.482 e. The van der Waals surface area contributed by atoms with E-state index in [1.54, 1.807) is 0 Å². The fourth-order valence-electron chi connectivity index (χ4n) is 3.20. The maximum atomic E-state index is 12.0. The molecule has 154 valence electrons. The number of amides is 2. The summed E-state index contributed by atoms with van der Waals surface area (Å²) in [6, 6.07) is 3.74. The smallest absolute Gasteiger partial charge is 0.276 e. The number of rotatable bonds is 6. The number of hydrogen-bond acceptors (Lipinski definition) is 4. The van der Waals surface area contributed by atoms with Crippen LogP contribution in [0.5, 0.6) is 5.75 Å². The molecule has 1 saturated carbocycles. The van der Waals surface area contributed by atoms with E-state index in [-0.39, 0.29) is 17.6 Å². The maximum absolute atomic E-state index is 12.0. The second-order valence-electron chi connectivity index (χ2n) is 6.92. The van der Waals surface area contributed by atoms with E-state index < -0.39 is 5.91 Å². The molecule has 0 aromatic heterocycles. The Bertz CT molecular complexity index is 701. The second-order valence-corrected chi connectivity index (χ2v) is 9.09. The van der Waals surface area contributed by atoms with Crippen LogP contribution in [0.1, 0.15) is 50.5 Å². The van der Waals surface area contributed by atoms with Crippen LogP contribution in [0.3, 0.4) is 0 Å². The zero-order chi connectivity index (χ0) is 20.5. The number of nitrogens with one attached hydrogen (secondary N) is 3. The van der Waals surface area contributed by atoms with E-state index in [1.807, 2.05) is 19.1 Å². The van der Waals surface area contributed by atoms with Crippen LogP contribution < -0.4 is 20.9 Å². The lowest BCUT2D eigenvalue weighted by Gasteiger charge is -2.21. The highest BCUT2D eigenvalue weighted by molar-refractivity contribution is 9.11. The minimum Gasteiger partial charge on any atom is -0.482 e. The average Bonchev–Trinajstić information content (AvgIpc) is 2.64. The molecule has 3 N–H and O–H groups in total. The van der Waals surface area contributed by atoms with E-state index in [9.17, 15) is 9.59 Å². The van der Waals surface area contributed by atoms with Crippen molar-refractivity contribution in [1.29, 1.82) is 0 Å². The summed E-state index contributed by atoms with van der Waals surface area (Å²) in [7, 11) is 0. The van der Waals surface area contributed by atoms with Crippen molar-refractivity contribution in [3.05, 3.63) is 26.6 Å². The van der Waals surface area contributed by atoms with Crippen molar-refractivity contribution in [2.24, 2.45) is 5.92 Å². The Morgan fingerprint density at radius 1 is 1.14 bits per heavy atom. The molecule has 1 aliphatic carbocycles. The molecule has 0 heterocycles. The maximum Gasteiger partial charge on any atom is 0.276 e. The number of carbonyl (C=O) groups excluding carboxylic acids is 2. The van der Waals surface area contributed by atoms with Crippen molar-refractivity contribution in [2.75, 3.05) is 6.61 Å². The van der Waals surface area contributed by atoms with Gasteiger partial charge in [-0.05, 0) is 65.1 Å². The van der Waals surface area contributed by atoms with Crippen LogP contribution in [0, 0.1) is 12.8 Å². The Morgan fingerprint density at radius 2 is 1.86 bits per heavy atom. The number of hydrogen-bond donors (Lipinski definition) is 3. The normalized spacial score (nSPS) is 14.2. The van der Waals surface area contributed by atoms with Crippen molar-refractivity contribution < 1.29 is 14.3 Å². The molecule has 28 heavy (non-hydrogen) atoms. The van der Waals surface area contributed by atoms with Gasteiger partial charge in [0, 0.05) is 10.9 Å². The van der Waals surface area contributed by atoms with E-state index in [1.165, 1.54) is 32.1 Å². The molecule has 1 aromatic carbocycles. The van der Waals surface area contributed by atoms with Gasteiger partial charge in [-0.3, -0.25) is 20.4 Å². The summed E-state index contributed by atoms with van der Waals surface area (Å²) < 4.78 is 7.22. The molecule has 2 rings (SSSR count). The Balaban J connectivity index is 1.65. The highest BCUT2D eigenvalue weighted by atomic mass is 79.9. The SMILES string of the molecule is Cc1cc(Br)cc(Br)c1OCC(=O)NNC(=S)NC(=O)CCC1CCCCC1. The summed E-state index contributed by atoms with van der Waals surface area (Å²) >= 11 is 11.8. The van der Waals surface area contributed by atoms with Crippen LogP contribution in [-0.2, 0) is 9.59 Å². The summed E-state index contributed by atoms with van der Waals surface area (Å²) in [5.41, 5.74) is 5.84. The third kappa shape index (κ3) is 8.05. The third-order valence-corrected chi connectivity index (χ3v) is 5.87. The van der Waals surface area contributed by atoms with Crippen molar-refractivity contribution >= 4 is 61.0 Å². The minimum absolute atomic E-state index is 0.0722. The number of carbonyl (C=O) groups is 2. The van der Waals surface area contributed by atoms with Crippen molar-refractivity contribution in [1.82, 2.24) is 16.2 Å². The fraction of sp³-hybridized carbons (Fsp3) is 0.526. The molecule has 9 heteroatoms. The lowest BCUT2D eigenvalue weighted by atomic mass is 9.86. The van der Waals surface area contributed by atoms with Gasteiger partial charge in [0.1, 0.15) is 5.75 Å². The molecule has 0 bridgehead atoms. The molecule has 6 nitrogen and oxygen atoms in total. The van der Waals surface area contributed by atoms with Crippen LogP contribution in [0.15, 0.2) is 21.1 Å². The average molecular weight is 535 g/mol. The zero-order valence-electron chi connectivity index (χ0n) is 15.8. The standard InChI is InChI=1S/C19H25Br2N3O3S/c1-12-9-14(20)10-15(21)18(12)27-11-17(26)23-24-19(28)22-16(25)8-7-13-5-3-2-4-6-13/h9-10,13H,2-8,11H2,1H3,(H,23,26)(H2,22,24,25,28). The Labute approximate surface area is 187 Å². The van der Waals surface area contributed by atoms with Crippen molar-refractivity contribution in [3.8, 4) is 5.75 Å². The van der Waals surface area contributed by atoms with Gasteiger partial charge in [0.25, 0.3) is 5.91 Å². The highest BCUT2D eigenvalue weighted by Crippen LogP contribution is 2.32. The molecule has 1 fully saturated rings. The molecule has 1 aromatic rings. The third-order valence-electron chi connectivity index (χ3n) is 4.61. The van der Waals surface area contributed by atoms with E-state index in [0.29, 0.717) is 18.1 Å². The molecule has 0 unspecified atom stereocenters. The number of thiocarbonyl (C=S) groups is 1. The van der Waals surface area contributed by atoms with Gasteiger partial charge in [0.15, 0.2) is 11.7 Å². The zero-order valence-corrected chi connectivity index (χ0v) is 19.8. The van der Waals surface area contributed by atoms with Gasteiger partial charge in [-0.25, -0.2) is 0 Å². The van der Waals surface area contributed by atoms with Gasteiger partial charge >= 0.3 is 0 Å². The van der Waals surface area contributed by atoms with E-state index in [4.69, 9.17) is 17.0 Å². The van der Waals surface area contributed by atoms with E-state index >= 15 is 0 Å². The molecular formula is C19H25Br2N3O3S. The molecular weight excluding hydrogens is 510 g/mol. The molecule has 0 aliphatic heterocycles. The van der Waals surface area contributed by atoms with Crippen molar-refractivity contribution in [3.63, 3.8) is 0 Å². The lowest BCUT2D eigenvalue weighted by Crippen LogP contribution is -2.49. The molecule has 0 atom stereocenters. The number of hydrazine groups is 1. The fourth-order valence-corrected chi connectivity index (χ4v) is 4.92. The first-order chi connectivity index (χ1) is 13.3.